The third kappa shape index (κ3) is 4.72. The van der Waals surface area contributed by atoms with Gasteiger partial charge in [-0.1, -0.05) is 0 Å². The molecule has 0 saturated carbocycles. The van der Waals surface area contributed by atoms with Crippen molar-refractivity contribution in [1.29, 1.82) is 0 Å². The summed E-state index contributed by atoms with van der Waals surface area (Å²) >= 11 is 0. The van der Waals surface area contributed by atoms with Crippen LogP contribution in [-0.4, -0.2) is 85.9 Å². The van der Waals surface area contributed by atoms with Crippen LogP contribution < -0.4 is 4.90 Å². The Balaban J connectivity index is 1.41. The summed E-state index contributed by atoms with van der Waals surface area (Å²) in [5.41, 5.74) is 0.976. The second-order valence-electron chi connectivity index (χ2n) is 7.03. The van der Waals surface area contributed by atoms with Gasteiger partial charge in [-0.2, -0.15) is 0 Å². The molecule has 0 aliphatic carbocycles. The molecule has 6 nitrogen and oxygen atoms in total. The highest BCUT2D eigenvalue weighted by molar-refractivity contribution is 5.84. The summed E-state index contributed by atoms with van der Waals surface area (Å²) in [6.07, 6.45) is 0.572. The monoisotopic (exact) mass is 362 g/mol. The fourth-order valence-corrected chi connectivity index (χ4v) is 3.45. The van der Waals surface area contributed by atoms with Gasteiger partial charge in [-0.15, -0.1) is 0 Å². The number of nitrogens with zero attached hydrogens (tertiary/aromatic N) is 4. The molecule has 1 aromatic rings. The summed E-state index contributed by atoms with van der Waals surface area (Å²) in [6, 6.07) is 6.44. The number of hydrogen-bond donors (Lipinski definition) is 0. The van der Waals surface area contributed by atoms with Crippen molar-refractivity contribution in [2.45, 2.75) is 12.8 Å². The van der Waals surface area contributed by atoms with Gasteiger partial charge in [0.15, 0.2) is 0 Å². The average molecular weight is 362 g/mol. The Kier molecular flexibility index (Phi) is 6.08. The summed E-state index contributed by atoms with van der Waals surface area (Å²) in [7, 11) is 2.05. The Hall–Kier alpha value is -2.15. The van der Waals surface area contributed by atoms with Gasteiger partial charge in [-0.05, 0) is 31.3 Å². The van der Waals surface area contributed by atoms with E-state index < -0.39 is 0 Å². The van der Waals surface area contributed by atoms with E-state index in [-0.39, 0.29) is 24.1 Å². The number of carbonyl (C=O) groups is 2. The van der Waals surface area contributed by atoms with Crippen LogP contribution in [0, 0.1) is 5.82 Å². The van der Waals surface area contributed by atoms with E-state index in [2.05, 4.69) is 16.8 Å². The first-order valence-corrected chi connectivity index (χ1v) is 9.27. The van der Waals surface area contributed by atoms with E-state index in [1.807, 2.05) is 9.80 Å². The molecule has 2 saturated heterocycles. The van der Waals surface area contributed by atoms with E-state index in [4.69, 9.17) is 0 Å². The minimum atomic E-state index is -0.243. The summed E-state index contributed by atoms with van der Waals surface area (Å²) in [6.45, 7) is 6.02. The lowest BCUT2D eigenvalue weighted by atomic mass is 10.2. The number of likely N-dealkylation sites (N-methyl/N-ethyl adjacent to an activating group) is 1. The Morgan fingerprint density at radius 3 is 1.77 bits per heavy atom. The highest BCUT2D eigenvalue weighted by Gasteiger charge is 2.24. The maximum Gasteiger partial charge on any atom is 0.223 e. The van der Waals surface area contributed by atoms with Crippen LogP contribution in [-0.2, 0) is 9.59 Å². The van der Waals surface area contributed by atoms with Gasteiger partial charge in [0.2, 0.25) is 11.8 Å². The number of amides is 2. The Morgan fingerprint density at radius 2 is 1.27 bits per heavy atom. The first kappa shape index (κ1) is 18.6. The summed E-state index contributed by atoms with van der Waals surface area (Å²) in [4.78, 5) is 32.7. The molecule has 7 heteroatoms. The van der Waals surface area contributed by atoms with Crippen LogP contribution in [0.3, 0.4) is 0 Å². The molecule has 142 valence electrons. The number of benzene rings is 1. The summed E-state index contributed by atoms with van der Waals surface area (Å²) < 4.78 is 13.0. The van der Waals surface area contributed by atoms with Gasteiger partial charge in [0.05, 0.1) is 0 Å². The Labute approximate surface area is 154 Å². The maximum absolute atomic E-state index is 13.0. The molecule has 2 aliphatic heterocycles. The predicted octanol–water partition coefficient (Wildman–Crippen LogP) is 1.03. The lowest BCUT2D eigenvalue weighted by Crippen LogP contribution is -2.49. The van der Waals surface area contributed by atoms with Crippen molar-refractivity contribution in [3.8, 4) is 0 Å². The van der Waals surface area contributed by atoms with E-state index >= 15 is 0 Å². The fourth-order valence-electron chi connectivity index (χ4n) is 3.45. The van der Waals surface area contributed by atoms with Crippen molar-refractivity contribution in [2.24, 2.45) is 0 Å². The molecule has 2 aliphatic rings. The van der Waals surface area contributed by atoms with Gasteiger partial charge in [-0.25, -0.2) is 4.39 Å². The first-order valence-electron chi connectivity index (χ1n) is 9.27. The van der Waals surface area contributed by atoms with Crippen molar-refractivity contribution in [2.75, 3.05) is 64.3 Å². The molecule has 1 aromatic carbocycles. The van der Waals surface area contributed by atoms with Gasteiger partial charge in [0, 0.05) is 70.9 Å². The molecule has 2 fully saturated rings. The van der Waals surface area contributed by atoms with E-state index in [1.54, 1.807) is 12.1 Å². The minimum Gasteiger partial charge on any atom is -0.368 e. The zero-order chi connectivity index (χ0) is 18.5. The normalized spacial score (nSPS) is 18.9. The number of carbonyl (C=O) groups excluding carboxylic acids is 2. The maximum atomic E-state index is 13.0. The van der Waals surface area contributed by atoms with Crippen LogP contribution in [0.2, 0.25) is 0 Å². The van der Waals surface area contributed by atoms with Crippen LogP contribution in [0.5, 0.6) is 0 Å². The Morgan fingerprint density at radius 1 is 0.808 bits per heavy atom. The van der Waals surface area contributed by atoms with E-state index in [0.29, 0.717) is 19.5 Å². The van der Waals surface area contributed by atoms with Crippen molar-refractivity contribution in [3.05, 3.63) is 30.1 Å². The zero-order valence-corrected chi connectivity index (χ0v) is 15.4. The molecule has 2 amide bonds. The third-order valence-electron chi connectivity index (χ3n) is 5.23. The highest BCUT2D eigenvalue weighted by Crippen LogP contribution is 2.17. The SMILES string of the molecule is CN1CCN(C(=O)CCC(=O)N2CCN(c3ccc(F)cc3)CC2)CC1. The molecule has 0 spiro atoms. The van der Waals surface area contributed by atoms with Crippen molar-refractivity contribution in [3.63, 3.8) is 0 Å². The fraction of sp³-hybridized carbons (Fsp3) is 0.579. The number of rotatable bonds is 4. The standard InChI is InChI=1S/C19H27FN4O2/c1-21-8-10-23(11-9-21)18(25)6-7-19(26)24-14-12-22(13-15-24)17-4-2-16(20)3-5-17/h2-5H,6-15H2,1H3. The second kappa shape index (κ2) is 8.49. The highest BCUT2D eigenvalue weighted by atomic mass is 19.1. The lowest BCUT2D eigenvalue weighted by Gasteiger charge is -2.36. The first-order chi connectivity index (χ1) is 12.5. The van der Waals surface area contributed by atoms with Crippen LogP contribution >= 0.6 is 0 Å². The van der Waals surface area contributed by atoms with E-state index in [9.17, 15) is 14.0 Å². The molecule has 0 bridgehead atoms. The van der Waals surface area contributed by atoms with Crippen molar-refractivity contribution >= 4 is 17.5 Å². The van der Waals surface area contributed by atoms with Gasteiger partial charge < -0.3 is 19.6 Å². The largest absolute Gasteiger partial charge is 0.368 e. The molecule has 0 unspecified atom stereocenters. The number of hydrogen-bond acceptors (Lipinski definition) is 4. The minimum absolute atomic E-state index is 0.0474. The number of halogens is 1. The lowest BCUT2D eigenvalue weighted by molar-refractivity contribution is -0.138. The quantitative estimate of drug-likeness (QED) is 0.803. The Bertz CT molecular complexity index is 621. The average Bonchev–Trinajstić information content (AvgIpc) is 2.67. The van der Waals surface area contributed by atoms with Crippen LogP contribution in [0.1, 0.15) is 12.8 Å². The van der Waals surface area contributed by atoms with E-state index in [0.717, 1.165) is 45.0 Å². The van der Waals surface area contributed by atoms with Gasteiger partial charge in [-0.3, -0.25) is 9.59 Å². The molecule has 0 aromatic heterocycles. The van der Waals surface area contributed by atoms with Crippen LogP contribution in [0.25, 0.3) is 0 Å². The number of anilines is 1. The molecule has 3 rings (SSSR count). The molecule has 0 N–H and O–H groups in total. The molecule has 2 heterocycles. The predicted molar refractivity (Wildman–Crippen MR) is 98.5 cm³/mol. The van der Waals surface area contributed by atoms with Gasteiger partial charge in [0.1, 0.15) is 5.82 Å². The molecule has 0 atom stereocenters. The summed E-state index contributed by atoms with van der Waals surface area (Å²) in [5, 5.41) is 0. The van der Waals surface area contributed by atoms with Gasteiger partial charge in [0.25, 0.3) is 0 Å². The number of piperazine rings is 2. The van der Waals surface area contributed by atoms with Crippen molar-refractivity contribution in [1.82, 2.24) is 14.7 Å². The summed E-state index contributed by atoms with van der Waals surface area (Å²) in [5.74, 6) is -0.116. The van der Waals surface area contributed by atoms with Crippen LogP contribution in [0.4, 0.5) is 10.1 Å². The zero-order valence-electron chi connectivity index (χ0n) is 15.4. The topological polar surface area (TPSA) is 47.1 Å². The van der Waals surface area contributed by atoms with Crippen molar-refractivity contribution < 1.29 is 14.0 Å². The van der Waals surface area contributed by atoms with Gasteiger partial charge >= 0.3 is 0 Å². The molecule has 26 heavy (non-hydrogen) atoms. The van der Waals surface area contributed by atoms with Crippen LogP contribution in [0.15, 0.2) is 24.3 Å². The van der Waals surface area contributed by atoms with E-state index in [1.165, 1.54) is 12.1 Å². The smallest absolute Gasteiger partial charge is 0.223 e. The molecule has 0 radical (unpaired) electrons. The molecular weight excluding hydrogens is 335 g/mol. The molecular formula is C19H27FN4O2. The second-order valence-corrected chi connectivity index (χ2v) is 7.03. The third-order valence-corrected chi connectivity index (χ3v) is 5.23.